The highest BCUT2D eigenvalue weighted by Gasteiger charge is 2.14. The van der Waals surface area contributed by atoms with Crippen LogP contribution in [0, 0.1) is 3.57 Å². The number of carbonyl (C=O) groups is 1. The highest BCUT2D eigenvalue weighted by Crippen LogP contribution is 2.28. The van der Waals surface area contributed by atoms with Crippen LogP contribution >= 0.6 is 34.2 Å². The van der Waals surface area contributed by atoms with Crippen LogP contribution in [0.5, 0.6) is 0 Å². The highest BCUT2D eigenvalue weighted by atomic mass is 127. The SMILES string of the molecule is Cn1c(C(=O)O)cc2c(Cl)cc(I)cc21. The second-order valence-corrected chi connectivity index (χ2v) is 4.87. The molecule has 0 amide bonds. The molecule has 0 radical (unpaired) electrons. The lowest BCUT2D eigenvalue weighted by Crippen LogP contribution is -2.03. The van der Waals surface area contributed by atoms with Crippen LogP contribution in [0.2, 0.25) is 5.02 Å². The normalized spacial score (nSPS) is 10.9. The number of carboxylic acids is 1. The van der Waals surface area contributed by atoms with Crippen molar-refractivity contribution in [2.24, 2.45) is 7.05 Å². The number of aryl methyl sites for hydroxylation is 1. The van der Waals surface area contributed by atoms with Crippen molar-refractivity contribution in [3.05, 3.63) is 32.5 Å². The third kappa shape index (κ3) is 1.72. The van der Waals surface area contributed by atoms with Gasteiger partial charge in [0.05, 0.1) is 10.5 Å². The summed E-state index contributed by atoms with van der Waals surface area (Å²) >= 11 is 8.19. The Labute approximate surface area is 105 Å². The van der Waals surface area contributed by atoms with E-state index >= 15 is 0 Å². The molecule has 3 nitrogen and oxygen atoms in total. The molecule has 1 N–H and O–H groups in total. The van der Waals surface area contributed by atoms with E-state index in [9.17, 15) is 4.79 Å². The van der Waals surface area contributed by atoms with E-state index in [-0.39, 0.29) is 5.69 Å². The molecule has 0 aliphatic heterocycles. The number of benzene rings is 1. The van der Waals surface area contributed by atoms with Gasteiger partial charge in [-0.2, -0.15) is 0 Å². The number of aromatic carboxylic acids is 1. The molecule has 0 unspecified atom stereocenters. The van der Waals surface area contributed by atoms with Crippen LogP contribution in [0.3, 0.4) is 0 Å². The summed E-state index contributed by atoms with van der Waals surface area (Å²) in [5, 5.41) is 10.3. The molecule has 15 heavy (non-hydrogen) atoms. The molecule has 0 fully saturated rings. The van der Waals surface area contributed by atoms with Crippen LogP contribution in [0.1, 0.15) is 10.5 Å². The predicted octanol–water partition coefficient (Wildman–Crippen LogP) is 3.13. The van der Waals surface area contributed by atoms with Gasteiger partial charge in [-0.15, -0.1) is 0 Å². The smallest absolute Gasteiger partial charge is 0.352 e. The van der Waals surface area contributed by atoms with Gasteiger partial charge in [-0.25, -0.2) is 4.79 Å². The van der Waals surface area contributed by atoms with Crippen molar-refractivity contribution < 1.29 is 9.90 Å². The first kappa shape index (κ1) is 10.8. The molecular formula is C10H7ClINO2. The molecule has 0 atom stereocenters. The van der Waals surface area contributed by atoms with Crippen molar-refractivity contribution in [1.82, 2.24) is 4.57 Å². The molecule has 1 aromatic carbocycles. The Morgan fingerprint density at radius 3 is 2.73 bits per heavy atom. The second-order valence-electron chi connectivity index (χ2n) is 3.21. The molecule has 0 saturated carbocycles. The standard InChI is InChI=1S/C10H7ClINO2/c1-13-8-3-5(12)2-7(11)6(8)4-9(13)10(14)15/h2-4H,1H3,(H,14,15). The highest BCUT2D eigenvalue weighted by molar-refractivity contribution is 14.1. The number of hydrogen-bond acceptors (Lipinski definition) is 1. The van der Waals surface area contributed by atoms with Gasteiger partial charge in [0.15, 0.2) is 0 Å². The Bertz CT molecular complexity index is 562. The zero-order valence-electron chi connectivity index (χ0n) is 7.79. The first-order valence-corrected chi connectivity index (χ1v) is 5.64. The summed E-state index contributed by atoms with van der Waals surface area (Å²) in [4.78, 5) is 10.9. The second kappa shape index (κ2) is 3.68. The minimum atomic E-state index is -0.945. The summed E-state index contributed by atoms with van der Waals surface area (Å²) in [5.74, 6) is -0.945. The van der Waals surface area contributed by atoms with Crippen LogP contribution in [-0.4, -0.2) is 15.6 Å². The minimum Gasteiger partial charge on any atom is -0.477 e. The summed E-state index contributed by atoms with van der Waals surface area (Å²) in [6.07, 6.45) is 0. The fourth-order valence-corrected chi connectivity index (χ4v) is 2.62. The van der Waals surface area contributed by atoms with Crippen molar-refractivity contribution in [3.8, 4) is 0 Å². The van der Waals surface area contributed by atoms with Gasteiger partial charge in [0.2, 0.25) is 0 Å². The van der Waals surface area contributed by atoms with Gasteiger partial charge < -0.3 is 9.67 Å². The molecule has 1 aromatic heterocycles. The Morgan fingerprint density at radius 2 is 2.13 bits per heavy atom. The molecule has 0 saturated heterocycles. The Morgan fingerprint density at radius 1 is 1.47 bits per heavy atom. The van der Waals surface area contributed by atoms with E-state index in [1.807, 2.05) is 12.1 Å². The van der Waals surface area contributed by atoms with Gasteiger partial charge in [0, 0.05) is 16.0 Å². The fraction of sp³-hybridized carbons (Fsp3) is 0.100. The van der Waals surface area contributed by atoms with E-state index in [1.165, 1.54) is 0 Å². The first-order valence-electron chi connectivity index (χ1n) is 4.18. The van der Waals surface area contributed by atoms with Crippen LogP contribution in [0.4, 0.5) is 0 Å². The number of carboxylic acid groups (broad SMARTS) is 1. The molecular weight excluding hydrogens is 328 g/mol. The quantitative estimate of drug-likeness (QED) is 0.814. The molecule has 0 bridgehead atoms. The summed E-state index contributed by atoms with van der Waals surface area (Å²) < 4.78 is 2.62. The van der Waals surface area contributed by atoms with Crippen LogP contribution in [0.25, 0.3) is 10.9 Å². The van der Waals surface area contributed by atoms with Crippen molar-refractivity contribution >= 4 is 51.1 Å². The zero-order valence-corrected chi connectivity index (χ0v) is 10.7. The van der Waals surface area contributed by atoms with Crippen molar-refractivity contribution in [1.29, 1.82) is 0 Å². The van der Waals surface area contributed by atoms with E-state index in [0.29, 0.717) is 5.02 Å². The molecule has 1 heterocycles. The van der Waals surface area contributed by atoms with Crippen molar-refractivity contribution in [3.63, 3.8) is 0 Å². The van der Waals surface area contributed by atoms with Crippen molar-refractivity contribution in [2.75, 3.05) is 0 Å². The summed E-state index contributed by atoms with van der Waals surface area (Å²) in [7, 11) is 1.72. The van der Waals surface area contributed by atoms with Crippen molar-refractivity contribution in [2.45, 2.75) is 0 Å². The summed E-state index contributed by atoms with van der Waals surface area (Å²) in [5.41, 5.74) is 1.08. The maximum atomic E-state index is 10.9. The molecule has 2 rings (SSSR count). The largest absolute Gasteiger partial charge is 0.477 e. The third-order valence-electron chi connectivity index (χ3n) is 2.30. The lowest BCUT2D eigenvalue weighted by atomic mass is 10.2. The minimum absolute atomic E-state index is 0.244. The maximum Gasteiger partial charge on any atom is 0.352 e. The monoisotopic (exact) mass is 335 g/mol. The number of rotatable bonds is 1. The fourth-order valence-electron chi connectivity index (χ4n) is 1.56. The summed E-state index contributed by atoms with van der Waals surface area (Å²) in [6, 6.07) is 5.32. The van der Waals surface area contributed by atoms with E-state index in [0.717, 1.165) is 14.5 Å². The predicted molar refractivity (Wildman–Crippen MR) is 67.6 cm³/mol. The number of fused-ring (bicyclic) bond motifs is 1. The molecule has 0 aliphatic carbocycles. The Balaban J connectivity index is 2.88. The lowest BCUT2D eigenvalue weighted by molar-refractivity contribution is 0.0687. The topological polar surface area (TPSA) is 42.2 Å². The van der Waals surface area contributed by atoms with E-state index in [1.54, 1.807) is 17.7 Å². The molecule has 2 aromatic rings. The maximum absolute atomic E-state index is 10.9. The van der Waals surface area contributed by atoms with Gasteiger partial charge in [-0.1, -0.05) is 11.6 Å². The number of nitrogens with zero attached hydrogens (tertiary/aromatic N) is 1. The Kier molecular flexibility index (Phi) is 2.64. The van der Waals surface area contributed by atoms with Gasteiger partial charge in [0.1, 0.15) is 5.69 Å². The van der Waals surface area contributed by atoms with Gasteiger partial charge in [-0.05, 0) is 40.8 Å². The van der Waals surface area contributed by atoms with E-state index in [2.05, 4.69) is 22.6 Å². The first-order chi connectivity index (χ1) is 7.00. The van der Waals surface area contributed by atoms with Gasteiger partial charge in [0.25, 0.3) is 0 Å². The van der Waals surface area contributed by atoms with Crippen LogP contribution in [0.15, 0.2) is 18.2 Å². The zero-order chi connectivity index (χ0) is 11.2. The number of hydrogen-bond donors (Lipinski definition) is 1. The number of halogens is 2. The summed E-state index contributed by atoms with van der Waals surface area (Å²) in [6.45, 7) is 0. The lowest BCUT2D eigenvalue weighted by Gasteiger charge is -2.00. The molecule has 0 spiro atoms. The van der Waals surface area contributed by atoms with Gasteiger partial charge >= 0.3 is 5.97 Å². The molecule has 5 heteroatoms. The third-order valence-corrected chi connectivity index (χ3v) is 3.23. The van der Waals surface area contributed by atoms with E-state index in [4.69, 9.17) is 16.7 Å². The Hall–Kier alpha value is -0.750. The van der Waals surface area contributed by atoms with Crippen LogP contribution in [-0.2, 0) is 7.05 Å². The van der Waals surface area contributed by atoms with Crippen LogP contribution < -0.4 is 0 Å². The van der Waals surface area contributed by atoms with Gasteiger partial charge in [-0.3, -0.25) is 0 Å². The average Bonchev–Trinajstić information content (AvgIpc) is 2.44. The average molecular weight is 336 g/mol. The molecule has 78 valence electrons. The molecule has 0 aliphatic rings. The number of aromatic nitrogens is 1. The van der Waals surface area contributed by atoms with E-state index < -0.39 is 5.97 Å².